The maximum atomic E-state index is 12.3. The van der Waals surface area contributed by atoms with Crippen LogP contribution in [0.1, 0.15) is 37.8 Å². The lowest BCUT2D eigenvalue weighted by atomic mass is 10.1. The number of benzene rings is 1. The summed E-state index contributed by atoms with van der Waals surface area (Å²) >= 11 is 0. The van der Waals surface area contributed by atoms with Crippen LogP contribution in [-0.2, 0) is 16.1 Å². The lowest BCUT2D eigenvalue weighted by Gasteiger charge is -2.11. The average molecular weight is 462 g/mol. The highest BCUT2D eigenvalue weighted by Gasteiger charge is 2.23. The van der Waals surface area contributed by atoms with Crippen molar-refractivity contribution in [1.82, 2.24) is 30.5 Å². The molecule has 3 aromatic rings. The molecule has 2 aromatic heterocycles. The number of aromatic nitrogens is 3. The summed E-state index contributed by atoms with van der Waals surface area (Å²) in [6, 6.07) is 9.60. The Labute approximate surface area is 196 Å². The van der Waals surface area contributed by atoms with Crippen LogP contribution in [0.4, 0.5) is 10.6 Å². The van der Waals surface area contributed by atoms with Gasteiger partial charge in [0.2, 0.25) is 5.91 Å². The molecule has 0 saturated heterocycles. The van der Waals surface area contributed by atoms with E-state index in [0.29, 0.717) is 29.4 Å². The normalized spacial score (nSPS) is 13.4. The van der Waals surface area contributed by atoms with Crippen LogP contribution in [-0.4, -0.2) is 45.5 Å². The van der Waals surface area contributed by atoms with Crippen LogP contribution in [0.25, 0.3) is 23.0 Å². The molecule has 0 bridgehead atoms. The second-order valence-electron chi connectivity index (χ2n) is 8.25. The molecular formula is C24H27N7O3. The summed E-state index contributed by atoms with van der Waals surface area (Å²) < 4.78 is 1.72. The number of imide groups is 1. The second kappa shape index (κ2) is 9.74. The smallest absolute Gasteiger partial charge is 0.321 e. The third-order valence-electron chi connectivity index (χ3n) is 5.38. The Morgan fingerprint density at radius 3 is 2.68 bits per heavy atom. The van der Waals surface area contributed by atoms with Crippen molar-refractivity contribution in [2.75, 3.05) is 12.4 Å². The van der Waals surface area contributed by atoms with E-state index in [1.54, 1.807) is 23.7 Å². The van der Waals surface area contributed by atoms with Gasteiger partial charge in [0.1, 0.15) is 5.82 Å². The number of hydrogen-bond acceptors (Lipinski definition) is 6. The lowest BCUT2D eigenvalue weighted by molar-refractivity contribution is -0.119. The topological polar surface area (TPSA) is 130 Å². The van der Waals surface area contributed by atoms with E-state index >= 15 is 0 Å². The second-order valence-corrected chi connectivity index (χ2v) is 8.25. The SMILES string of the molecule is CNC(=O)NC(=O)/C(C)=C/c1cnn2c(NC3CC3)cc(-c3cccc(CNC(C)=O)c3)nc12. The van der Waals surface area contributed by atoms with Gasteiger partial charge in [-0.25, -0.2) is 9.78 Å². The van der Waals surface area contributed by atoms with Crippen LogP contribution in [0.5, 0.6) is 0 Å². The van der Waals surface area contributed by atoms with Gasteiger partial charge in [-0.15, -0.1) is 0 Å². The number of fused-ring (bicyclic) bond motifs is 1. The van der Waals surface area contributed by atoms with Gasteiger partial charge >= 0.3 is 6.03 Å². The molecule has 0 radical (unpaired) electrons. The third kappa shape index (κ3) is 5.40. The summed E-state index contributed by atoms with van der Waals surface area (Å²) in [6.07, 6.45) is 5.50. The number of amides is 4. The number of hydrogen-bond donors (Lipinski definition) is 4. The first kappa shape index (κ1) is 23.0. The summed E-state index contributed by atoms with van der Waals surface area (Å²) in [7, 11) is 1.44. The minimum absolute atomic E-state index is 0.0904. The first-order valence-electron chi connectivity index (χ1n) is 11.0. The molecule has 0 aliphatic heterocycles. The van der Waals surface area contributed by atoms with Crippen LogP contribution in [0.15, 0.2) is 42.1 Å². The molecule has 0 unspecified atom stereocenters. The predicted octanol–water partition coefficient (Wildman–Crippen LogP) is 2.47. The van der Waals surface area contributed by atoms with Gasteiger partial charge in [0.05, 0.1) is 11.9 Å². The molecule has 1 fully saturated rings. The summed E-state index contributed by atoms with van der Waals surface area (Å²) in [5.74, 6) is 0.214. The van der Waals surface area contributed by atoms with E-state index in [4.69, 9.17) is 4.98 Å². The molecule has 1 aliphatic carbocycles. The summed E-state index contributed by atoms with van der Waals surface area (Å²) in [6.45, 7) is 3.54. The molecular weight excluding hydrogens is 434 g/mol. The van der Waals surface area contributed by atoms with Crippen LogP contribution < -0.4 is 21.3 Å². The van der Waals surface area contributed by atoms with E-state index in [1.165, 1.54) is 14.0 Å². The van der Waals surface area contributed by atoms with Gasteiger partial charge in [-0.2, -0.15) is 9.61 Å². The molecule has 0 spiro atoms. The fourth-order valence-corrected chi connectivity index (χ4v) is 3.40. The number of carbonyl (C=O) groups is 3. The molecule has 1 aromatic carbocycles. The van der Waals surface area contributed by atoms with E-state index in [9.17, 15) is 14.4 Å². The first-order chi connectivity index (χ1) is 16.3. The van der Waals surface area contributed by atoms with Gasteiger partial charge in [-0.3, -0.25) is 14.9 Å². The molecule has 4 N–H and O–H groups in total. The molecule has 2 heterocycles. The maximum Gasteiger partial charge on any atom is 0.321 e. The highest BCUT2D eigenvalue weighted by atomic mass is 16.2. The van der Waals surface area contributed by atoms with Crippen molar-refractivity contribution in [2.24, 2.45) is 0 Å². The Bertz CT molecular complexity index is 1290. The molecule has 34 heavy (non-hydrogen) atoms. The molecule has 10 heteroatoms. The van der Waals surface area contributed by atoms with Crippen molar-refractivity contribution < 1.29 is 14.4 Å². The Morgan fingerprint density at radius 1 is 1.18 bits per heavy atom. The number of anilines is 1. The van der Waals surface area contributed by atoms with Gasteiger partial charge in [-0.1, -0.05) is 18.2 Å². The van der Waals surface area contributed by atoms with Gasteiger partial charge in [0.15, 0.2) is 5.65 Å². The van der Waals surface area contributed by atoms with Crippen LogP contribution in [0, 0.1) is 0 Å². The van der Waals surface area contributed by atoms with Crippen LogP contribution in [0.2, 0.25) is 0 Å². The van der Waals surface area contributed by atoms with Crippen molar-refractivity contribution in [3.05, 3.63) is 53.2 Å². The zero-order chi connectivity index (χ0) is 24.2. The molecule has 1 aliphatic rings. The molecule has 176 valence electrons. The number of carbonyl (C=O) groups excluding carboxylic acids is 3. The quantitative estimate of drug-likeness (QED) is 0.400. The standard InChI is InChI=1S/C24H27N7O3/c1-14(23(33)30-24(34)25-3)9-18-13-27-31-21(28-19-7-8-19)11-20(29-22(18)31)17-6-4-5-16(10-17)12-26-15(2)32/h4-6,9-11,13,19,28H,7-8,12H2,1-3H3,(H,26,32)(H2,25,30,33,34)/b14-9+. The molecule has 4 rings (SSSR count). The lowest BCUT2D eigenvalue weighted by Crippen LogP contribution is -2.37. The van der Waals surface area contributed by atoms with Gasteiger partial charge in [0, 0.05) is 49.3 Å². The summed E-state index contributed by atoms with van der Waals surface area (Å²) in [4.78, 5) is 39.9. The Balaban J connectivity index is 1.73. The Hall–Kier alpha value is -4.21. The van der Waals surface area contributed by atoms with Crippen molar-refractivity contribution in [3.63, 3.8) is 0 Å². The molecule has 4 amide bonds. The van der Waals surface area contributed by atoms with Crippen LogP contribution in [0.3, 0.4) is 0 Å². The Kier molecular flexibility index (Phi) is 6.58. The number of urea groups is 1. The number of nitrogens with zero attached hydrogens (tertiary/aromatic N) is 3. The van der Waals surface area contributed by atoms with Crippen molar-refractivity contribution >= 4 is 35.4 Å². The highest BCUT2D eigenvalue weighted by Crippen LogP contribution is 2.29. The first-order valence-corrected chi connectivity index (χ1v) is 11.0. The van der Waals surface area contributed by atoms with Gasteiger partial charge in [0.25, 0.3) is 5.91 Å². The largest absolute Gasteiger partial charge is 0.367 e. The maximum absolute atomic E-state index is 12.3. The molecule has 1 saturated carbocycles. The third-order valence-corrected chi connectivity index (χ3v) is 5.38. The van der Waals surface area contributed by atoms with E-state index in [1.807, 2.05) is 30.3 Å². The molecule has 10 nitrogen and oxygen atoms in total. The predicted molar refractivity (Wildman–Crippen MR) is 129 cm³/mol. The Morgan fingerprint density at radius 2 is 1.97 bits per heavy atom. The van der Waals surface area contributed by atoms with Gasteiger partial charge < -0.3 is 16.0 Å². The minimum atomic E-state index is -0.576. The van der Waals surface area contributed by atoms with Crippen molar-refractivity contribution in [1.29, 1.82) is 0 Å². The number of rotatable bonds is 7. The highest BCUT2D eigenvalue weighted by molar-refractivity contribution is 6.06. The van der Waals surface area contributed by atoms with Gasteiger partial charge in [-0.05, 0) is 37.5 Å². The van der Waals surface area contributed by atoms with Crippen LogP contribution >= 0.6 is 0 Å². The minimum Gasteiger partial charge on any atom is -0.367 e. The summed E-state index contributed by atoms with van der Waals surface area (Å²) in [5, 5.41) is 15.4. The zero-order valence-corrected chi connectivity index (χ0v) is 19.3. The fraction of sp³-hybridized carbons (Fsp3) is 0.292. The van der Waals surface area contributed by atoms with E-state index < -0.39 is 11.9 Å². The fourth-order valence-electron chi connectivity index (χ4n) is 3.40. The van der Waals surface area contributed by atoms with E-state index in [0.717, 1.165) is 35.5 Å². The van der Waals surface area contributed by atoms with E-state index in [-0.39, 0.29) is 5.91 Å². The van der Waals surface area contributed by atoms with Crippen molar-refractivity contribution in [2.45, 2.75) is 39.3 Å². The zero-order valence-electron chi connectivity index (χ0n) is 19.3. The summed E-state index contributed by atoms with van der Waals surface area (Å²) in [5.41, 5.74) is 4.18. The number of nitrogens with one attached hydrogen (secondary N) is 4. The van der Waals surface area contributed by atoms with E-state index in [2.05, 4.69) is 26.4 Å². The molecule has 0 atom stereocenters. The monoisotopic (exact) mass is 461 g/mol. The average Bonchev–Trinajstić information content (AvgIpc) is 3.55. The van der Waals surface area contributed by atoms with Crippen molar-refractivity contribution in [3.8, 4) is 11.3 Å².